The molecule has 2 saturated heterocycles. The molecule has 24 heavy (non-hydrogen) atoms. The number of aryl methyl sites for hydroxylation is 1. The smallest absolute Gasteiger partial charge is 0.323 e. The zero-order chi connectivity index (χ0) is 17.1. The maximum absolute atomic E-state index is 12.4. The quantitative estimate of drug-likeness (QED) is 0.774. The van der Waals surface area contributed by atoms with Crippen LogP contribution in [0.5, 0.6) is 5.75 Å². The lowest BCUT2D eigenvalue weighted by molar-refractivity contribution is -0.143. The molecule has 0 N–H and O–H groups in total. The summed E-state index contributed by atoms with van der Waals surface area (Å²) in [4.78, 5) is 27.9. The maximum atomic E-state index is 12.4. The third-order valence-corrected chi connectivity index (χ3v) is 4.92. The summed E-state index contributed by atoms with van der Waals surface area (Å²) in [7, 11) is 0. The van der Waals surface area contributed by atoms with Crippen molar-refractivity contribution in [3.8, 4) is 5.75 Å². The predicted octanol–water partition coefficient (Wildman–Crippen LogP) is 1.14. The van der Waals surface area contributed by atoms with Crippen molar-refractivity contribution >= 4 is 11.9 Å². The van der Waals surface area contributed by atoms with Crippen LogP contribution in [0.2, 0.25) is 0 Å². The molecular formula is C18H24N2O4. The van der Waals surface area contributed by atoms with E-state index in [9.17, 15) is 9.59 Å². The number of benzene rings is 1. The summed E-state index contributed by atoms with van der Waals surface area (Å²) in [5.74, 6) is 0.619. The largest absolute Gasteiger partial charge is 0.483 e. The van der Waals surface area contributed by atoms with Gasteiger partial charge in [0, 0.05) is 32.6 Å². The number of piperazine rings is 1. The number of hydrogen-bond donors (Lipinski definition) is 0. The molecule has 0 saturated carbocycles. The van der Waals surface area contributed by atoms with E-state index < -0.39 is 0 Å². The number of carbonyl (C=O) groups is 2. The van der Waals surface area contributed by atoms with Crippen LogP contribution >= 0.6 is 0 Å². The summed E-state index contributed by atoms with van der Waals surface area (Å²) in [6.45, 7) is 7.23. The van der Waals surface area contributed by atoms with Gasteiger partial charge in [0.05, 0.1) is 6.61 Å². The molecule has 6 heteroatoms. The minimum Gasteiger partial charge on any atom is -0.483 e. The number of rotatable bonds is 4. The van der Waals surface area contributed by atoms with E-state index in [4.69, 9.17) is 9.47 Å². The SMILES string of the molecule is Cc1cccc(OCC(=O)N2CCN(C3CCOC3=O)CC2)c1C. The number of hydrogen-bond acceptors (Lipinski definition) is 5. The fraction of sp³-hybridized carbons (Fsp3) is 0.556. The topological polar surface area (TPSA) is 59.1 Å². The highest BCUT2D eigenvalue weighted by Crippen LogP contribution is 2.21. The van der Waals surface area contributed by atoms with E-state index in [1.807, 2.05) is 36.9 Å². The van der Waals surface area contributed by atoms with Crippen molar-refractivity contribution < 1.29 is 19.1 Å². The predicted molar refractivity (Wildman–Crippen MR) is 88.9 cm³/mol. The van der Waals surface area contributed by atoms with Crippen LogP contribution in [0.3, 0.4) is 0 Å². The van der Waals surface area contributed by atoms with Gasteiger partial charge in [0.15, 0.2) is 6.61 Å². The van der Waals surface area contributed by atoms with Crippen molar-refractivity contribution in [3.63, 3.8) is 0 Å². The molecule has 0 aromatic heterocycles. The molecule has 1 amide bonds. The van der Waals surface area contributed by atoms with Crippen LogP contribution in [0, 0.1) is 13.8 Å². The third kappa shape index (κ3) is 3.53. The van der Waals surface area contributed by atoms with Crippen molar-refractivity contribution in [1.82, 2.24) is 9.80 Å². The summed E-state index contributed by atoms with van der Waals surface area (Å²) in [5.41, 5.74) is 2.21. The van der Waals surface area contributed by atoms with Crippen LogP contribution in [0.25, 0.3) is 0 Å². The van der Waals surface area contributed by atoms with Crippen LogP contribution in [-0.4, -0.2) is 67.1 Å². The number of esters is 1. The van der Waals surface area contributed by atoms with Gasteiger partial charge in [0.1, 0.15) is 11.8 Å². The Hall–Kier alpha value is -2.08. The van der Waals surface area contributed by atoms with E-state index in [0.717, 1.165) is 23.3 Å². The lowest BCUT2D eigenvalue weighted by Gasteiger charge is -2.36. The first kappa shape index (κ1) is 16.8. The normalized spacial score (nSPS) is 21.7. The average Bonchev–Trinajstić information content (AvgIpc) is 3.02. The molecule has 2 heterocycles. The summed E-state index contributed by atoms with van der Waals surface area (Å²) >= 11 is 0. The van der Waals surface area contributed by atoms with Crippen LogP contribution in [0.4, 0.5) is 0 Å². The molecule has 1 aromatic rings. The minimum atomic E-state index is -0.131. The van der Waals surface area contributed by atoms with Crippen LogP contribution in [0.1, 0.15) is 17.5 Å². The van der Waals surface area contributed by atoms with Gasteiger partial charge in [0.25, 0.3) is 5.91 Å². The fourth-order valence-electron chi connectivity index (χ4n) is 3.21. The summed E-state index contributed by atoms with van der Waals surface area (Å²) in [6, 6.07) is 5.71. The Morgan fingerprint density at radius 1 is 1.25 bits per heavy atom. The molecule has 1 atom stereocenters. The minimum absolute atomic E-state index is 0.00967. The zero-order valence-corrected chi connectivity index (χ0v) is 14.3. The second-order valence-corrected chi connectivity index (χ2v) is 6.38. The molecule has 2 aliphatic heterocycles. The standard InChI is InChI=1S/C18H24N2O4/c1-13-4-3-5-16(14(13)2)24-12-17(21)20-9-7-19(8-10-20)15-6-11-23-18(15)22/h3-5,15H,6-12H2,1-2H3. The Labute approximate surface area is 142 Å². The molecule has 2 aliphatic rings. The van der Waals surface area contributed by atoms with Gasteiger partial charge in [-0.3, -0.25) is 14.5 Å². The monoisotopic (exact) mass is 332 g/mol. The summed E-state index contributed by atoms with van der Waals surface area (Å²) in [5, 5.41) is 0. The van der Waals surface area contributed by atoms with Crippen molar-refractivity contribution in [2.45, 2.75) is 26.3 Å². The van der Waals surface area contributed by atoms with Crippen molar-refractivity contribution in [1.29, 1.82) is 0 Å². The summed E-state index contributed by atoms with van der Waals surface area (Å²) < 4.78 is 10.7. The molecule has 1 unspecified atom stereocenters. The second kappa shape index (κ2) is 7.21. The maximum Gasteiger partial charge on any atom is 0.323 e. The Bertz CT molecular complexity index is 623. The number of amides is 1. The van der Waals surface area contributed by atoms with Crippen molar-refractivity contribution in [2.24, 2.45) is 0 Å². The first-order valence-corrected chi connectivity index (χ1v) is 8.44. The lowest BCUT2D eigenvalue weighted by Crippen LogP contribution is -2.53. The first-order valence-electron chi connectivity index (χ1n) is 8.44. The molecule has 0 bridgehead atoms. The molecule has 2 fully saturated rings. The van der Waals surface area contributed by atoms with Gasteiger partial charge in [0.2, 0.25) is 0 Å². The van der Waals surface area contributed by atoms with Gasteiger partial charge >= 0.3 is 5.97 Å². The molecule has 0 spiro atoms. The van der Waals surface area contributed by atoms with Gasteiger partial charge < -0.3 is 14.4 Å². The van der Waals surface area contributed by atoms with Gasteiger partial charge in [-0.05, 0) is 31.0 Å². The summed E-state index contributed by atoms with van der Waals surface area (Å²) in [6.07, 6.45) is 0.753. The Kier molecular flexibility index (Phi) is 5.04. The molecule has 3 rings (SSSR count). The third-order valence-electron chi connectivity index (χ3n) is 4.92. The molecule has 6 nitrogen and oxygen atoms in total. The Balaban J connectivity index is 1.48. The Morgan fingerprint density at radius 2 is 2.00 bits per heavy atom. The van der Waals surface area contributed by atoms with Crippen LogP contribution in [0.15, 0.2) is 18.2 Å². The molecule has 0 radical (unpaired) electrons. The number of ether oxygens (including phenoxy) is 2. The lowest BCUT2D eigenvalue weighted by atomic mass is 10.1. The van der Waals surface area contributed by atoms with Crippen LogP contribution in [-0.2, 0) is 14.3 Å². The molecule has 130 valence electrons. The van der Waals surface area contributed by atoms with Gasteiger partial charge in [-0.25, -0.2) is 0 Å². The van der Waals surface area contributed by atoms with E-state index in [2.05, 4.69) is 4.90 Å². The fourth-order valence-corrected chi connectivity index (χ4v) is 3.21. The number of cyclic esters (lactones) is 1. The van der Waals surface area contributed by atoms with Crippen LogP contribution < -0.4 is 4.74 Å². The highest BCUT2D eigenvalue weighted by atomic mass is 16.5. The first-order chi connectivity index (χ1) is 11.6. The number of carbonyl (C=O) groups excluding carboxylic acids is 2. The molecule has 1 aromatic carbocycles. The van der Waals surface area contributed by atoms with E-state index in [1.165, 1.54) is 0 Å². The highest BCUT2D eigenvalue weighted by Gasteiger charge is 2.34. The zero-order valence-electron chi connectivity index (χ0n) is 14.3. The molecule has 0 aliphatic carbocycles. The van der Waals surface area contributed by atoms with E-state index in [1.54, 1.807) is 0 Å². The Morgan fingerprint density at radius 3 is 2.67 bits per heavy atom. The highest BCUT2D eigenvalue weighted by molar-refractivity contribution is 5.79. The van der Waals surface area contributed by atoms with Crippen molar-refractivity contribution in [2.75, 3.05) is 39.4 Å². The number of nitrogens with zero attached hydrogens (tertiary/aromatic N) is 2. The van der Waals surface area contributed by atoms with E-state index in [-0.39, 0.29) is 24.5 Å². The van der Waals surface area contributed by atoms with Gasteiger partial charge in [-0.2, -0.15) is 0 Å². The van der Waals surface area contributed by atoms with Crippen molar-refractivity contribution in [3.05, 3.63) is 29.3 Å². The van der Waals surface area contributed by atoms with E-state index >= 15 is 0 Å². The average molecular weight is 332 g/mol. The van der Waals surface area contributed by atoms with E-state index in [0.29, 0.717) is 32.8 Å². The van der Waals surface area contributed by atoms with Gasteiger partial charge in [-0.15, -0.1) is 0 Å². The molecular weight excluding hydrogens is 308 g/mol. The van der Waals surface area contributed by atoms with Gasteiger partial charge in [-0.1, -0.05) is 12.1 Å². The second-order valence-electron chi connectivity index (χ2n) is 6.38.